The van der Waals surface area contributed by atoms with E-state index in [9.17, 15) is 4.79 Å². The molecule has 0 atom stereocenters. The van der Waals surface area contributed by atoms with E-state index in [4.69, 9.17) is 0 Å². The SMILES string of the molecule is Cc1csc2nc(-c3ccc(NC(=O)Cc4ccccc4)cc3)cn12. The molecule has 0 bridgehead atoms. The van der Waals surface area contributed by atoms with E-state index >= 15 is 0 Å². The number of hydrogen-bond acceptors (Lipinski definition) is 3. The lowest BCUT2D eigenvalue weighted by molar-refractivity contribution is -0.115. The lowest BCUT2D eigenvalue weighted by atomic mass is 10.1. The summed E-state index contributed by atoms with van der Waals surface area (Å²) in [6.45, 7) is 2.07. The molecule has 0 aliphatic rings. The molecule has 1 amide bonds. The fourth-order valence-electron chi connectivity index (χ4n) is 2.74. The zero-order chi connectivity index (χ0) is 17.2. The van der Waals surface area contributed by atoms with Gasteiger partial charge in [-0.3, -0.25) is 9.20 Å². The third-order valence-corrected chi connectivity index (χ3v) is 5.02. The largest absolute Gasteiger partial charge is 0.326 e. The fraction of sp³-hybridized carbons (Fsp3) is 0.100. The highest BCUT2D eigenvalue weighted by Gasteiger charge is 2.08. The van der Waals surface area contributed by atoms with Crippen molar-refractivity contribution < 1.29 is 4.79 Å². The molecule has 0 spiro atoms. The number of imidazole rings is 1. The molecule has 2 aromatic carbocycles. The van der Waals surface area contributed by atoms with E-state index in [1.807, 2.05) is 60.8 Å². The predicted octanol–water partition coefficient (Wildman–Crippen LogP) is 4.55. The second-order valence-electron chi connectivity index (χ2n) is 5.94. The van der Waals surface area contributed by atoms with Gasteiger partial charge >= 0.3 is 0 Å². The Morgan fingerprint density at radius 3 is 2.60 bits per heavy atom. The molecule has 1 N–H and O–H groups in total. The van der Waals surface area contributed by atoms with E-state index in [-0.39, 0.29) is 5.91 Å². The van der Waals surface area contributed by atoms with Gasteiger partial charge in [-0.1, -0.05) is 42.5 Å². The number of carbonyl (C=O) groups excluding carboxylic acids is 1. The molecule has 0 saturated carbocycles. The molecule has 4 rings (SSSR count). The summed E-state index contributed by atoms with van der Waals surface area (Å²) in [6, 6.07) is 17.5. The van der Waals surface area contributed by atoms with Crippen LogP contribution in [-0.4, -0.2) is 15.3 Å². The van der Waals surface area contributed by atoms with Crippen molar-refractivity contribution in [3.05, 3.63) is 77.4 Å². The van der Waals surface area contributed by atoms with Crippen LogP contribution in [0.15, 0.2) is 66.2 Å². The number of benzene rings is 2. The average molecular weight is 347 g/mol. The van der Waals surface area contributed by atoms with Gasteiger partial charge in [0.1, 0.15) is 0 Å². The minimum atomic E-state index is -0.0166. The molecule has 0 saturated heterocycles. The number of carbonyl (C=O) groups is 1. The molecular formula is C20H17N3OS. The number of aromatic nitrogens is 2. The van der Waals surface area contributed by atoms with Crippen molar-refractivity contribution in [3.8, 4) is 11.3 Å². The van der Waals surface area contributed by atoms with Gasteiger partial charge in [0.2, 0.25) is 5.91 Å². The summed E-state index contributed by atoms with van der Waals surface area (Å²) in [5, 5.41) is 5.03. The van der Waals surface area contributed by atoms with Crippen molar-refractivity contribution in [1.29, 1.82) is 0 Å². The summed E-state index contributed by atoms with van der Waals surface area (Å²) in [6.07, 6.45) is 2.42. The number of hydrogen-bond donors (Lipinski definition) is 1. The van der Waals surface area contributed by atoms with Gasteiger partial charge in [-0.25, -0.2) is 4.98 Å². The Hall–Kier alpha value is -2.92. The van der Waals surface area contributed by atoms with Crippen LogP contribution >= 0.6 is 11.3 Å². The zero-order valence-corrected chi connectivity index (χ0v) is 14.6. The number of nitrogens with one attached hydrogen (secondary N) is 1. The van der Waals surface area contributed by atoms with E-state index in [0.717, 1.165) is 27.5 Å². The summed E-state index contributed by atoms with van der Waals surface area (Å²) in [5.41, 5.74) is 4.96. The van der Waals surface area contributed by atoms with Gasteiger partial charge in [-0.15, -0.1) is 11.3 Å². The van der Waals surface area contributed by atoms with Crippen molar-refractivity contribution in [2.75, 3.05) is 5.32 Å². The van der Waals surface area contributed by atoms with Crippen LogP contribution in [0.5, 0.6) is 0 Å². The van der Waals surface area contributed by atoms with Crippen LogP contribution in [0.3, 0.4) is 0 Å². The summed E-state index contributed by atoms with van der Waals surface area (Å²) < 4.78 is 2.09. The van der Waals surface area contributed by atoms with E-state index in [0.29, 0.717) is 6.42 Å². The number of nitrogens with zero attached hydrogens (tertiary/aromatic N) is 2. The van der Waals surface area contributed by atoms with Crippen molar-refractivity contribution in [1.82, 2.24) is 9.38 Å². The Morgan fingerprint density at radius 1 is 1.12 bits per heavy atom. The van der Waals surface area contributed by atoms with Gasteiger partial charge in [0.15, 0.2) is 4.96 Å². The maximum absolute atomic E-state index is 12.1. The summed E-state index contributed by atoms with van der Waals surface area (Å²) in [5.74, 6) is -0.0166. The number of rotatable bonds is 4. The van der Waals surface area contributed by atoms with E-state index < -0.39 is 0 Å². The molecule has 0 fully saturated rings. The third kappa shape index (κ3) is 3.32. The number of anilines is 1. The second kappa shape index (κ2) is 6.53. The predicted molar refractivity (Wildman–Crippen MR) is 102 cm³/mol. The molecule has 0 aliphatic heterocycles. The van der Waals surface area contributed by atoms with Gasteiger partial charge in [0.25, 0.3) is 0 Å². The lowest BCUT2D eigenvalue weighted by Gasteiger charge is -2.06. The van der Waals surface area contributed by atoms with Crippen molar-refractivity contribution in [2.45, 2.75) is 13.3 Å². The zero-order valence-electron chi connectivity index (χ0n) is 13.8. The molecule has 124 valence electrons. The number of amides is 1. The summed E-state index contributed by atoms with van der Waals surface area (Å²) in [7, 11) is 0. The summed E-state index contributed by atoms with van der Waals surface area (Å²) in [4.78, 5) is 17.8. The topological polar surface area (TPSA) is 46.4 Å². The maximum atomic E-state index is 12.1. The first-order valence-electron chi connectivity index (χ1n) is 8.06. The highest BCUT2D eigenvalue weighted by atomic mass is 32.1. The molecular weight excluding hydrogens is 330 g/mol. The Labute approximate surface area is 149 Å². The first-order chi connectivity index (χ1) is 12.2. The van der Waals surface area contributed by atoms with Gasteiger partial charge in [-0.05, 0) is 24.6 Å². The van der Waals surface area contributed by atoms with Crippen LogP contribution in [-0.2, 0) is 11.2 Å². The monoisotopic (exact) mass is 347 g/mol. The van der Waals surface area contributed by atoms with Gasteiger partial charge < -0.3 is 5.32 Å². The highest BCUT2D eigenvalue weighted by molar-refractivity contribution is 7.15. The molecule has 0 aliphatic carbocycles. The van der Waals surface area contributed by atoms with E-state index in [1.165, 1.54) is 5.69 Å². The van der Waals surface area contributed by atoms with E-state index in [2.05, 4.69) is 27.0 Å². The van der Waals surface area contributed by atoms with Crippen LogP contribution in [0.25, 0.3) is 16.2 Å². The standard InChI is InChI=1S/C20H17N3OS/c1-14-13-25-20-22-18(12-23(14)20)16-7-9-17(10-8-16)21-19(24)11-15-5-3-2-4-6-15/h2-10,12-13H,11H2,1H3,(H,21,24). The molecule has 4 aromatic rings. The van der Waals surface area contributed by atoms with Crippen molar-refractivity contribution in [2.24, 2.45) is 0 Å². The minimum absolute atomic E-state index is 0.0166. The number of thiazole rings is 1. The molecule has 0 radical (unpaired) electrons. The van der Waals surface area contributed by atoms with Crippen LogP contribution in [0.2, 0.25) is 0 Å². The van der Waals surface area contributed by atoms with Crippen LogP contribution in [0, 0.1) is 6.92 Å². The Bertz CT molecular complexity index is 1020. The van der Waals surface area contributed by atoms with E-state index in [1.54, 1.807) is 11.3 Å². The molecule has 4 nitrogen and oxygen atoms in total. The first-order valence-corrected chi connectivity index (χ1v) is 8.94. The smallest absolute Gasteiger partial charge is 0.228 e. The maximum Gasteiger partial charge on any atom is 0.228 e. The van der Waals surface area contributed by atoms with Crippen molar-refractivity contribution >= 4 is 27.9 Å². The Balaban J connectivity index is 1.47. The number of fused-ring (bicyclic) bond motifs is 1. The van der Waals surface area contributed by atoms with Crippen LogP contribution in [0.1, 0.15) is 11.3 Å². The Morgan fingerprint density at radius 2 is 1.88 bits per heavy atom. The second-order valence-corrected chi connectivity index (χ2v) is 6.78. The minimum Gasteiger partial charge on any atom is -0.326 e. The lowest BCUT2D eigenvalue weighted by Crippen LogP contribution is -2.14. The van der Waals surface area contributed by atoms with Crippen LogP contribution < -0.4 is 5.32 Å². The Kier molecular flexibility index (Phi) is 4.07. The average Bonchev–Trinajstić information content (AvgIpc) is 3.19. The first kappa shape index (κ1) is 15.6. The molecule has 2 aromatic heterocycles. The normalized spacial score (nSPS) is 10.9. The van der Waals surface area contributed by atoms with Gasteiger partial charge in [-0.2, -0.15) is 0 Å². The molecule has 0 unspecified atom stereocenters. The third-order valence-electron chi connectivity index (χ3n) is 4.06. The van der Waals surface area contributed by atoms with Gasteiger partial charge in [0.05, 0.1) is 12.1 Å². The van der Waals surface area contributed by atoms with Gasteiger partial charge in [0, 0.05) is 28.5 Å². The van der Waals surface area contributed by atoms with Crippen molar-refractivity contribution in [3.63, 3.8) is 0 Å². The fourth-order valence-corrected chi connectivity index (χ4v) is 3.59. The quantitative estimate of drug-likeness (QED) is 0.588. The number of aryl methyl sites for hydroxylation is 1. The molecule has 2 heterocycles. The van der Waals surface area contributed by atoms with Crippen LogP contribution in [0.4, 0.5) is 5.69 Å². The highest BCUT2D eigenvalue weighted by Crippen LogP contribution is 2.24. The molecule has 5 heteroatoms. The summed E-state index contributed by atoms with van der Waals surface area (Å²) >= 11 is 1.64. The molecule has 25 heavy (non-hydrogen) atoms.